The van der Waals surface area contributed by atoms with Crippen molar-refractivity contribution in [1.29, 1.82) is 0 Å². The van der Waals surface area contributed by atoms with E-state index in [9.17, 15) is 9.90 Å². The summed E-state index contributed by atoms with van der Waals surface area (Å²) in [5, 5.41) is 25.6. The molecule has 1 unspecified atom stereocenters. The lowest BCUT2D eigenvalue weighted by molar-refractivity contribution is -0.137. The minimum absolute atomic E-state index is 0.0194. The van der Waals surface area contributed by atoms with E-state index >= 15 is 0 Å². The maximum atomic E-state index is 11.3. The topological polar surface area (TPSA) is 120 Å². The zero-order valence-electron chi connectivity index (χ0n) is 17.0. The predicted molar refractivity (Wildman–Crippen MR) is 102 cm³/mol. The summed E-state index contributed by atoms with van der Waals surface area (Å²) in [4.78, 5) is 17.2. The molecular weight excluding hydrogens is 360 g/mol. The summed E-state index contributed by atoms with van der Waals surface area (Å²) in [5.74, 6) is 0.482. The lowest BCUT2D eigenvalue weighted by Gasteiger charge is -2.21. The second kappa shape index (κ2) is 8.79. The summed E-state index contributed by atoms with van der Waals surface area (Å²) in [5.41, 5.74) is -0.303. The molecule has 154 valence electrons. The zero-order valence-corrected chi connectivity index (χ0v) is 17.0. The van der Waals surface area contributed by atoms with Crippen molar-refractivity contribution in [2.24, 2.45) is 5.92 Å². The molecule has 1 aliphatic carbocycles. The molecule has 0 aliphatic heterocycles. The van der Waals surface area contributed by atoms with Crippen LogP contribution in [-0.2, 0) is 10.3 Å². The molecule has 2 aromatic rings. The molecule has 0 aromatic carbocycles. The van der Waals surface area contributed by atoms with Crippen molar-refractivity contribution < 1.29 is 14.4 Å². The van der Waals surface area contributed by atoms with E-state index in [1.807, 2.05) is 20.8 Å². The normalized spacial score (nSPS) is 17.0. The number of nitrogens with zero attached hydrogens (tertiary/aromatic N) is 6. The molecule has 0 bridgehead atoms. The van der Waals surface area contributed by atoms with E-state index in [0.717, 1.165) is 25.2 Å². The molecule has 1 saturated carbocycles. The lowest BCUT2D eigenvalue weighted by Crippen LogP contribution is -2.24. The van der Waals surface area contributed by atoms with Gasteiger partial charge in [0.05, 0.1) is 12.0 Å². The van der Waals surface area contributed by atoms with Crippen LogP contribution in [0.3, 0.4) is 0 Å². The van der Waals surface area contributed by atoms with Gasteiger partial charge >= 0.3 is 5.97 Å². The van der Waals surface area contributed by atoms with E-state index in [-0.39, 0.29) is 29.5 Å². The first kappa shape index (κ1) is 20.4. The first-order valence-corrected chi connectivity index (χ1v) is 10.2. The fraction of sp³-hybridized carbons (Fsp3) is 0.789. The summed E-state index contributed by atoms with van der Waals surface area (Å²) in [6.45, 7) is 5.90. The minimum atomic E-state index is -0.862. The summed E-state index contributed by atoms with van der Waals surface area (Å²) in [7, 11) is 0. The van der Waals surface area contributed by atoms with Gasteiger partial charge in [-0.05, 0) is 38.3 Å². The predicted octanol–water partition coefficient (Wildman–Crippen LogP) is 3.79. The third-order valence-electron chi connectivity index (χ3n) is 5.32. The highest BCUT2D eigenvalue weighted by atomic mass is 16.5. The highest BCUT2D eigenvalue weighted by Crippen LogP contribution is 2.31. The Morgan fingerprint density at radius 3 is 2.64 bits per heavy atom. The standard InChI is InChI=1S/C19H30N6O3/c1-19(2,3)25-22-17(21-24-25)16-20-18(28-23-16)14(12-15(26)27)11-7-10-13-8-5-4-6-9-13/h13-14H,4-12H2,1-3H3,(H,26,27). The van der Waals surface area contributed by atoms with Gasteiger partial charge in [-0.2, -0.15) is 9.78 Å². The number of carboxylic acids is 1. The fourth-order valence-electron chi connectivity index (χ4n) is 3.73. The number of carbonyl (C=O) groups is 1. The van der Waals surface area contributed by atoms with Crippen LogP contribution < -0.4 is 0 Å². The van der Waals surface area contributed by atoms with Crippen LogP contribution in [0.5, 0.6) is 0 Å². The van der Waals surface area contributed by atoms with Gasteiger partial charge in [0, 0.05) is 5.92 Å². The van der Waals surface area contributed by atoms with Crippen molar-refractivity contribution in [3.05, 3.63) is 5.89 Å². The van der Waals surface area contributed by atoms with Gasteiger partial charge < -0.3 is 9.63 Å². The molecule has 1 atom stereocenters. The maximum absolute atomic E-state index is 11.3. The lowest BCUT2D eigenvalue weighted by atomic mass is 9.84. The first-order chi connectivity index (χ1) is 13.3. The Morgan fingerprint density at radius 2 is 2.00 bits per heavy atom. The Bertz CT molecular complexity index is 773. The maximum Gasteiger partial charge on any atom is 0.304 e. The van der Waals surface area contributed by atoms with Crippen molar-refractivity contribution in [3.8, 4) is 11.6 Å². The van der Waals surface area contributed by atoms with Gasteiger partial charge in [-0.3, -0.25) is 4.79 Å². The van der Waals surface area contributed by atoms with Gasteiger partial charge in [0.1, 0.15) is 0 Å². The van der Waals surface area contributed by atoms with Gasteiger partial charge in [0.2, 0.25) is 17.5 Å². The number of rotatable bonds is 8. The average Bonchev–Trinajstić information content (AvgIpc) is 3.30. The molecule has 28 heavy (non-hydrogen) atoms. The van der Waals surface area contributed by atoms with Crippen molar-refractivity contribution in [3.63, 3.8) is 0 Å². The molecule has 3 rings (SSSR count). The molecule has 2 heterocycles. The Morgan fingerprint density at radius 1 is 1.25 bits per heavy atom. The van der Waals surface area contributed by atoms with Crippen LogP contribution in [0.2, 0.25) is 0 Å². The Labute approximate surface area is 164 Å². The van der Waals surface area contributed by atoms with Crippen LogP contribution in [0.1, 0.15) is 90.4 Å². The van der Waals surface area contributed by atoms with E-state index in [2.05, 4.69) is 25.6 Å². The Kier molecular flexibility index (Phi) is 6.41. The summed E-state index contributed by atoms with van der Waals surface area (Å²) in [6, 6.07) is 0. The number of hydrogen-bond acceptors (Lipinski definition) is 7. The molecular formula is C19H30N6O3. The van der Waals surface area contributed by atoms with Crippen molar-refractivity contribution >= 4 is 5.97 Å². The van der Waals surface area contributed by atoms with Crippen LogP contribution in [-0.4, -0.2) is 41.4 Å². The van der Waals surface area contributed by atoms with E-state index in [0.29, 0.717) is 5.89 Å². The first-order valence-electron chi connectivity index (χ1n) is 10.2. The van der Waals surface area contributed by atoms with Crippen LogP contribution in [0.15, 0.2) is 4.52 Å². The number of tetrazole rings is 1. The van der Waals surface area contributed by atoms with Crippen LogP contribution in [0.4, 0.5) is 0 Å². The van der Waals surface area contributed by atoms with Crippen LogP contribution >= 0.6 is 0 Å². The average molecular weight is 390 g/mol. The smallest absolute Gasteiger partial charge is 0.304 e. The number of hydrogen-bond donors (Lipinski definition) is 1. The van der Waals surface area contributed by atoms with Crippen LogP contribution in [0.25, 0.3) is 11.6 Å². The zero-order chi connectivity index (χ0) is 20.1. The summed E-state index contributed by atoms with van der Waals surface area (Å²) < 4.78 is 5.38. The number of aromatic nitrogens is 6. The molecule has 0 radical (unpaired) electrons. The summed E-state index contributed by atoms with van der Waals surface area (Å²) >= 11 is 0. The van der Waals surface area contributed by atoms with E-state index in [1.165, 1.54) is 36.9 Å². The molecule has 1 fully saturated rings. The van der Waals surface area contributed by atoms with Gasteiger partial charge in [-0.15, -0.1) is 10.2 Å². The van der Waals surface area contributed by atoms with Gasteiger partial charge in [0.15, 0.2) is 0 Å². The summed E-state index contributed by atoms with van der Waals surface area (Å²) in [6.07, 6.45) is 9.39. The largest absolute Gasteiger partial charge is 0.481 e. The second-order valence-corrected chi connectivity index (χ2v) is 8.76. The fourth-order valence-corrected chi connectivity index (χ4v) is 3.73. The van der Waals surface area contributed by atoms with E-state index in [4.69, 9.17) is 4.52 Å². The number of carboxylic acid groups (broad SMARTS) is 1. The molecule has 0 saturated heterocycles. The Hall–Kier alpha value is -2.32. The minimum Gasteiger partial charge on any atom is -0.481 e. The van der Waals surface area contributed by atoms with Gasteiger partial charge in [-0.25, -0.2) is 0 Å². The van der Waals surface area contributed by atoms with Crippen molar-refractivity contribution in [1.82, 2.24) is 30.3 Å². The quantitative estimate of drug-likeness (QED) is 0.723. The molecule has 9 heteroatoms. The monoisotopic (exact) mass is 390 g/mol. The van der Waals surface area contributed by atoms with E-state index < -0.39 is 5.97 Å². The third kappa shape index (κ3) is 5.36. The molecule has 1 N–H and O–H groups in total. The highest BCUT2D eigenvalue weighted by Gasteiger charge is 2.25. The molecule has 0 amide bonds. The third-order valence-corrected chi connectivity index (χ3v) is 5.32. The molecule has 9 nitrogen and oxygen atoms in total. The Balaban J connectivity index is 1.65. The molecule has 1 aliphatic rings. The van der Waals surface area contributed by atoms with Gasteiger partial charge in [-0.1, -0.05) is 50.1 Å². The van der Waals surface area contributed by atoms with Crippen molar-refractivity contribution in [2.75, 3.05) is 0 Å². The molecule has 2 aromatic heterocycles. The SMILES string of the molecule is CC(C)(C)n1nnc(-c2noc(C(CCCC3CCCCC3)CC(=O)O)n2)n1. The van der Waals surface area contributed by atoms with Crippen molar-refractivity contribution in [2.45, 2.75) is 90.0 Å². The number of aliphatic carboxylic acids is 1. The highest BCUT2D eigenvalue weighted by molar-refractivity contribution is 5.67. The van der Waals surface area contributed by atoms with Crippen LogP contribution in [0, 0.1) is 5.92 Å². The van der Waals surface area contributed by atoms with Gasteiger partial charge in [0.25, 0.3) is 0 Å². The van der Waals surface area contributed by atoms with E-state index in [1.54, 1.807) is 0 Å². The second-order valence-electron chi connectivity index (χ2n) is 8.76. The molecule has 0 spiro atoms.